The quantitative estimate of drug-likeness (QED) is 0.353. The molecular formula is C20H36N2O2+2. The summed E-state index contributed by atoms with van der Waals surface area (Å²) >= 11 is 0. The fraction of sp³-hybridized carbons (Fsp3) is 0.650. The molecule has 0 saturated heterocycles. The van der Waals surface area contributed by atoms with E-state index in [9.17, 15) is 4.79 Å². The number of carbonyl (C=O) groups is 1. The zero-order chi connectivity index (χ0) is 18.1. The number of rotatable bonds is 11. The van der Waals surface area contributed by atoms with E-state index in [1.165, 1.54) is 5.56 Å². The molecule has 1 aromatic rings. The van der Waals surface area contributed by atoms with Crippen LogP contribution in [-0.2, 0) is 16.0 Å². The van der Waals surface area contributed by atoms with Crippen LogP contribution in [0.4, 0.5) is 0 Å². The zero-order valence-electron chi connectivity index (χ0n) is 16.3. The third-order valence-electron chi connectivity index (χ3n) is 4.27. The van der Waals surface area contributed by atoms with Gasteiger partial charge in [-0.25, -0.2) is 0 Å². The van der Waals surface area contributed by atoms with Gasteiger partial charge in [0.1, 0.15) is 26.2 Å². The average molecular weight is 337 g/mol. The fourth-order valence-corrected chi connectivity index (χ4v) is 2.40. The van der Waals surface area contributed by atoms with E-state index >= 15 is 0 Å². The van der Waals surface area contributed by atoms with Crippen molar-refractivity contribution in [1.82, 2.24) is 0 Å². The number of unbranched alkanes of at least 4 members (excludes halogenated alkanes) is 1. The minimum Gasteiger partial charge on any atom is -0.460 e. The number of likely N-dealkylation sites (N-methyl/N-ethyl adjacent to an activating group) is 2. The normalized spacial score (nSPS) is 12.2. The number of esters is 1. The maximum absolute atomic E-state index is 11.8. The highest BCUT2D eigenvalue weighted by atomic mass is 16.5. The summed E-state index contributed by atoms with van der Waals surface area (Å²) < 4.78 is 7.25. The summed E-state index contributed by atoms with van der Waals surface area (Å²) in [6, 6.07) is 10.4. The van der Waals surface area contributed by atoms with Crippen LogP contribution in [0.25, 0.3) is 0 Å². The van der Waals surface area contributed by atoms with Crippen molar-refractivity contribution in [3.05, 3.63) is 35.9 Å². The highest BCUT2D eigenvalue weighted by Gasteiger charge is 2.20. The smallest absolute Gasteiger partial charge is 0.305 e. The minimum absolute atomic E-state index is 0.0605. The zero-order valence-corrected chi connectivity index (χ0v) is 16.3. The predicted octanol–water partition coefficient (Wildman–Crippen LogP) is 2.73. The maximum atomic E-state index is 11.8. The molecule has 4 heteroatoms. The summed E-state index contributed by atoms with van der Waals surface area (Å²) in [6.07, 6.45) is 3.49. The van der Waals surface area contributed by atoms with Crippen LogP contribution in [0.5, 0.6) is 0 Å². The predicted molar refractivity (Wildman–Crippen MR) is 99.7 cm³/mol. The second-order valence-corrected chi connectivity index (χ2v) is 8.31. The Morgan fingerprint density at radius 1 is 0.917 bits per heavy atom. The molecule has 0 unspecified atom stereocenters. The van der Waals surface area contributed by atoms with Gasteiger partial charge in [-0.2, -0.15) is 0 Å². The minimum atomic E-state index is -0.0605. The van der Waals surface area contributed by atoms with E-state index in [2.05, 4.69) is 59.5 Å². The molecule has 0 bridgehead atoms. The van der Waals surface area contributed by atoms with Gasteiger partial charge >= 0.3 is 5.97 Å². The Morgan fingerprint density at radius 2 is 1.58 bits per heavy atom. The summed E-state index contributed by atoms with van der Waals surface area (Å²) in [5.41, 5.74) is 1.34. The molecular weight excluding hydrogens is 300 g/mol. The van der Waals surface area contributed by atoms with Crippen molar-refractivity contribution in [1.29, 1.82) is 0 Å². The summed E-state index contributed by atoms with van der Waals surface area (Å²) in [4.78, 5) is 11.8. The van der Waals surface area contributed by atoms with E-state index in [0.717, 1.165) is 47.9 Å². The number of benzene rings is 1. The van der Waals surface area contributed by atoms with Gasteiger partial charge in [-0.15, -0.1) is 0 Å². The standard InChI is InChI=1S/C20H36N2O2/c1-21(2,3)15-16-22(4,5)17-18-24-20(23)14-10-9-13-19-11-7-6-8-12-19/h6-8,11-12H,9-10,13-18H2,1-5H3/q+2. The van der Waals surface area contributed by atoms with Gasteiger partial charge in [0.25, 0.3) is 0 Å². The van der Waals surface area contributed by atoms with Crippen LogP contribution in [0.3, 0.4) is 0 Å². The second-order valence-electron chi connectivity index (χ2n) is 8.31. The third kappa shape index (κ3) is 10.4. The van der Waals surface area contributed by atoms with E-state index < -0.39 is 0 Å². The van der Waals surface area contributed by atoms with Crippen LogP contribution < -0.4 is 0 Å². The Kier molecular flexibility index (Phi) is 8.43. The molecule has 1 aromatic carbocycles. The number of quaternary nitrogens is 2. The molecule has 0 aliphatic rings. The highest BCUT2D eigenvalue weighted by molar-refractivity contribution is 5.69. The fourth-order valence-electron chi connectivity index (χ4n) is 2.40. The molecule has 136 valence electrons. The monoisotopic (exact) mass is 336 g/mol. The molecule has 0 N–H and O–H groups in total. The molecule has 0 heterocycles. The van der Waals surface area contributed by atoms with Crippen molar-refractivity contribution < 1.29 is 18.5 Å². The van der Waals surface area contributed by atoms with Gasteiger partial charge in [0.15, 0.2) is 0 Å². The largest absolute Gasteiger partial charge is 0.460 e. The van der Waals surface area contributed by atoms with Gasteiger partial charge < -0.3 is 13.7 Å². The Morgan fingerprint density at radius 3 is 2.21 bits per heavy atom. The maximum Gasteiger partial charge on any atom is 0.305 e. The number of ether oxygens (including phenoxy) is 1. The molecule has 0 amide bonds. The molecule has 0 spiro atoms. The first-order valence-electron chi connectivity index (χ1n) is 9.00. The number of hydrogen-bond donors (Lipinski definition) is 0. The summed E-state index contributed by atoms with van der Waals surface area (Å²) in [7, 11) is 11.0. The number of carbonyl (C=O) groups excluding carboxylic acids is 1. The lowest BCUT2D eigenvalue weighted by atomic mass is 10.1. The van der Waals surface area contributed by atoms with Crippen molar-refractivity contribution >= 4 is 5.97 Å². The Labute approximate surface area is 148 Å². The van der Waals surface area contributed by atoms with Crippen LogP contribution in [0.15, 0.2) is 30.3 Å². The van der Waals surface area contributed by atoms with Gasteiger partial charge in [0.2, 0.25) is 0 Å². The molecule has 24 heavy (non-hydrogen) atoms. The van der Waals surface area contributed by atoms with Gasteiger partial charge in [-0.1, -0.05) is 30.3 Å². The van der Waals surface area contributed by atoms with Crippen molar-refractivity contribution in [2.75, 3.05) is 61.5 Å². The Bertz CT molecular complexity index is 478. The topological polar surface area (TPSA) is 26.3 Å². The molecule has 1 rings (SSSR count). The lowest BCUT2D eigenvalue weighted by molar-refractivity contribution is -0.937. The highest BCUT2D eigenvalue weighted by Crippen LogP contribution is 2.07. The van der Waals surface area contributed by atoms with E-state index in [1.54, 1.807) is 0 Å². The average Bonchev–Trinajstić information content (AvgIpc) is 2.50. The van der Waals surface area contributed by atoms with Gasteiger partial charge in [0.05, 0.1) is 35.2 Å². The molecule has 0 aromatic heterocycles. The lowest BCUT2D eigenvalue weighted by Crippen LogP contribution is -2.50. The van der Waals surface area contributed by atoms with Crippen LogP contribution in [0.1, 0.15) is 24.8 Å². The van der Waals surface area contributed by atoms with Crippen LogP contribution in [0.2, 0.25) is 0 Å². The molecule has 0 fully saturated rings. The SMILES string of the molecule is C[N+](C)(C)CC[N+](C)(C)CCOC(=O)CCCCc1ccccc1. The summed E-state index contributed by atoms with van der Waals surface area (Å²) in [5, 5.41) is 0. The molecule has 0 atom stereocenters. The Balaban J connectivity index is 2.10. The van der Waals surface area contributed by atoms with E-state index in [0.29, 0.717) is 13.0 Å². The first kappa shape index (κ1) is 20.7. The number of hydrogen-bond acceptors (Lipinski definition) is 2. The van der Waals surface area contributed by atoms with Crippen molar-refractivity contribution in [3.63, 3.8) is 0 Å². The summed E-state index contributed by atoms with van der Waals surface area (Å²) in [5.74, 6) is -0.0605. The van der Waals surface area contributed by atoms with Crippen molar-refractivity contribution in [2.24, 2.45) is 0 Å². The molecule has 0 aliphatic heterocycles. The molecule has 0 radical (unpaired) electrons. The van der Waals surface area contributed by atoms with Crippen LogP contribution in [-0.4, -0.2) is 76.4 Å². The summed E-state index contributed by atoms with van der Waals surface area (Å²) in [6.45, 7) is 3.58. The number of nitrogens with zero attached hydrogens (tertiary/aromatic N) is 2. The Hall–Kier alpha value is -1.39. The first-order chi connectivity index (χ1) is 11.2. The van der Waals surface area contributed by atoms with E-state index in [4.69, 9.17) is 4.74 Å². The first-order valence-corrected chi connectivity index (χ1v) is 9.00. The number of aryl methyl sites for hydroxylation is 1. The molecule has 0 saturated carbocycles. The van der Waals surface area contributed by atoms with Crippen molar-refractivity contribution in [3.8, 4) is 0 Å². The third-order valence-corrected chi connectivity index (χ3v) is 4.27. The van der Waals surface area contributed by atoms with Crippen LogP contribution in [0, 0.1) is 0 Å². The van der Waals surface area contributed by atoms with Crippen molar-refractivity contribution in [2.45, 2.75) is 25.7 Å². The van der Waals surface area contributed by atoms with E-state index in [1.807, 2.05) is 6.07 Å². The van der Waals surface area contributed by atoms with Gasteiger partial charge in [-0.05, 0) is 24.8 Å². The molecule has 4 nitrogen and oxygen atoms in total. The van der Waals surface area contributed by atoms with Gasteiger partial charge in [0, 0.05) is 6.42 Å². The van der Waals surface area contributed by atoms with E-state index in [-0.39, 0.29) is 5.97 Å². The van der Waals surface area contributed by atoms with Crippen LogP contribution >= 0.6 is 0 Å². The lowest BCUT2D eigenvalue weighted by Gasteiger charge is -2.33. The molecule has 0 aliphatic carbocycles. The second kappa shape index (κ2) is 9.80. The van der Waals surface area contributed by atoms with Gasteiger partial charge in [-0.3, -0.25) is 4.79 Å².